The third-order valence-corrected chi connectivity index (χ3v) is 4.74. The summed E-state index contributed by atoms with van der Waals surface area (Å²) < 4.78 is 0. The van der Waals surface area contributed by atoms with E-state index in [4.69, 9.17) is 0 Å². The zero-order chi connectivity index (χ0) is 14.6. The van der Waals surface area contributed by atoms with Gasteiger partial charge in [0.25, 0.3) is 0 Å². The molecule has 0 spiro atoms. The lowest BCUT2D eigenvalue weighted by atomic mass is 9.77. The van der Waals surface area contributed by atoms with Gasteiger partial charge in [0, 0.05) is 12.6 Å². The van der Waals surface area contributed by atoms with E-state index >= 15 is 0 Å². The fraction of sp³-hybridized carbons (Fsp3) is 0.647. The smallest absolute Gasteiger partial charge is 0.115 e. The molecule has 3 nitrogen and oxygen atoms in total. The molecule has 0 radical (unpaired) electrons. The van der Waals surface area contributed by atoms with E-state index in [9.17, 15) is 10.2 Å². The van der Waals surface area contributed by atoms with Gasteiger partial charge in [0.15, 0.2) is 0 Å². The monoisotopic (exact) mass is 277 g/mol. The molecule has 1 unspecified atom stereocenters. The number of benzene rings is 1. The highest BCUT2D eigenvalue weighted by Crippen LogP contribution is 2.33. The van der Waals surface area contributed by atoms with E-state index in [2.05, 4.69) is 19.2 Å². The molecule has 1 aliphatic rings. The Bertz CT molecular complexity index is 408. The van der Waals surface area contributed by atoms with Crippen LogP contribution in [0, 0.1) is 5.92 Å². The molecule has 0 aromatic heterocycles. The van der Waals surface area contributed by atoms with Crippen LogP contribution >= 0.6 is 0 Å². The van der Waals surface area contributed by atoms with Crippen molar-refractivity contribution < 1.29 is 10.2 Å². The molecular weight excluding hydrogens is 250 g/mol. The second-order valence-electron chi connectivity index (χ2n) is 6.27. The van der Waals surface area contributed by atoms with Crippen molar-refractivity contribution in [3.05, 3.63) is 29.8 Å². The molecule has 0 heterocycles. The number of aromatic hydroxyl groups is 1. The highest BCUT2D eigenvalue weighted by molar-refractivity contribution is 5.27. The van der Waals surface area contributed by atoms with Crippen molar-refractivity contribution in [2.24, 2.45) is 5.92 Å². The Balaban J connectivity index is 1.84. The molecule has 20 heavy (non-hydrogen) atoms. The van der Waals surface area contributed by atoms with Crippen molar-refractivity contribution in [1.82, 2.24) is 5.32 Å². The molecular formula is C17H27NO2. The van der Waals surface area contributed by atoms with E-state index in [0.29, 0.717) is 6.54 Å². The van der Waals surface area contributed by atoms with Crippen molar-refractivity contribution in [3.63, 3.8) is 0 Å². The molecule has 3 N–H and O–H groups in total. The summed E-state index contributed by atoms with van der Waals surface area (Å²) in [4.78, 5) is 0. The number of aliphatic hydroxyl groups is 1. The Kier molecular flexibility index (Phi) is 5.06. The van der Waals surface area contributed by atoms with Gasteiger partial charge in [0.2, 0.25) is 0 Å². The first-order chi connectivity index (χ1) is 9.52. The average molecular weight is 277 g/mol. The van der Waals surface area contributed by atoms with Gasteiger partial charge in [-0.25, -0.2) is 0 Å². The van der Waals surface area contributed by atoms with Gasteiger partial charge in [0.05, 0.1) is 5.60 Å². The first-order valence-electron chi connectivity index (χ1n) is 7.77. The van der Waals surface area contributed by atoms with Crippen molar-refractivity contribution >= 4 is 0 Å². The predicted molar refractivity (Wildman–Crippen MR) is 81.7 cm³/mol. The number of rotatable bonds is 5. The fourth-order valence-corrected chi connectivity index (χ4v) is 3.02. The minimum absolute atomic E-state index is 0.184. The summed E-state index contributed by atoms with van der Waals surface area (Å²) in [7, 11) is 0. The first-order valence-corrected chi connectivity index (χ1v) is 7.77. The van der Waals surface area contributed by atoms with Crippen LogP contribution in [0.1, 0.15) is 57.6 Å². The van der Waals surface area contributed by atoms with E-state index < -0.39 is 5.60 Å². The number of phenolic OH excluding ortho intramolecular Hbond substituents is 1. The lowest BCUT2D eigenvalue weighted by Gasteiger charge is -2.36. The topological polar surface area (TPSA) is 52.5 Å². The summed E-state index contributed by atoms with van der Waals surface area (Å²) in [6.45, 7) is 4.97. The van der Waals surface area contributed by atoms with E-state index in [-0.39, 0.29) is 11.8 Å². The number of nitrogens with one attached hydrogen (secondary N) is 1. The third kappa shape index (κ3) is 3.97. The van der Waals surface area contributed by atoms with Gasteiger partial charge in [-0.3, -0.25) is 0 Å². The maximum Gasteiger partial charge on any atom is 0.115 e. The Morgan fingerprint density at radius 1 is 1.25 bits per heavy atom. The Labute approximate surface area is 122 Å². The maximum atomic E-state index is 10.6. The molecule has 2 rings (SSSR count). The summed E-state index contributed by atoms with van der Waals surface area (Å²) >= 11 is 0. The van der Waals surface area contributed by atoms with E-state index in [1.165, 1.54) is 6.42 Å². The lowest BCUT2D eigenvalue weighted by molar-refractivity contribution is -0.0103. The minimum atomic E-state index is -0.545. The molecule has 1 aromatic rings. The zero-order valence-electron chi connectivity index (χ0n) is 12.6. The average Bonchev–Trinajstić information content (AvgIpc) is 2.46. The second kappa shape index (κ2) is 6.59. The molecule has 0 bridgehead atoms. The van der Waals surface area contributed by atoms with E-state index in [1.807, 2.05) is 12.1 Å². The van der Waals surface area contributed by atoms with E-state index in [0.717, 1.165) is 37.2 Å². The van der Waals surface area contributed by atoms with Crippen LogP contribution in [-0.4, -0.2) is 22.4 Å². The molecule has 1 aliphatic carbocycles. The van der Waals surface area contributed by atoms with Crippen molar-refractivity contribution in [2.45, 2.75) is 57.6 Å². The second-order valence-corrected chi connectivity index (χ2v) is 6.27. The fourth-order valence-electron chi connectivity index (χ4n) is 3.02. The van der Waals surface area contributed by atoms with Gasteiger partial charge in [-0.2, -0.15) is 0 Å². The summed E-state index contributed by atoms with van der Waals surface area (Å²) in [5.41, 5.74) is 0.588. The SMILES string of the molecule is CCC1CCC(O)(CNC(C)c2ccc(O)cc2)CC1. The van der Waals surface area contributed by atoms with Crippen LogP contribution in [0.5, 0.6) is 5.75 Å². The normalized spacial score (nSPS) is 28.2. The Morgan fingerprint density at radius 3 is 2.40 bits per heavy atom. The molecule has 1 aromatic carbocycles. The predicted octanol–water partition coefficient (Wildman–Crippen LogP) is 3.37. The standard InChI is InChI=1S/C17H27NO2/c1-3-14-8-10-17(20,11-9-14)12-18-13(2)15-4-6-16(19)7-5-15/h4-7,13-14,18-20H,3,8-12H2,1-2H3. The van der Waals surface area contributed by atoms with Gasteiger partial charge < -0.3 is 15.5 Å². The number of hydrogen-bond acceptors (Lipinski definition) is 3. The maximum absolute atomic E-state index is 10.6. The van der Waals surface area contributed by atoms with Gasteiger partial charge in [-0.15, -0.1) is 0 Å². The van der Waals surface area contributed by atoms with Crippen LogP contribution in [0.4, 0.5) is 0 Å². The third-order valence-electron chi connectivity index (χ3n) is 4.74. The summed E-state index contributed by atoms with van der Waals surface area (Å²) in [6, 6.07) is 7.43. The summed E-state index contributed by atoms with van der Waals surface area (Å²) in [6.07, 6.45) is 5.32. The van der Waals surface area contributed by atoms with Crippen LogP contribution in [0.2, 0.25) is 0 Å². The van der Waals surface area contributed by atoms with Crippen molar-refractivity contribution in [1.29, 1.82) is 0 Å². The van der Waals surface area contributed by atoms with E-state index in [1.54, 1.807) is 12.1 Å². The largest absolute Gasteiger partial charge is 0.508 e. The van der Waals surface area contributed by atoms with Crippen LogP contribution in [0.15, 0.2) is 24.3 Å². The summed E-state index contributed by atoms with van der Waals surface area (Å²) in [5.74, 6) is 1.09. The Morgan fingerprint density at radius 2 is 1.85 bits per heavy atom. The molecule has 1 fully saturated rings. The molecule has 1 atom stereocenters. The van der Waals surface area contributed by atoms with Crippen LogP contribution in [0.3, 0.4) is 0 Å². The highest BCUT2D eigenvalue weighted by Gasteiger charge is 2.32. The van der Waals surface area contributed by atoms with Gasteiger partial charge in [-0.1, -0.05) is 25.5 Å². The van der Waals surface area contributed by atoms with Crippen molar-refractivity contribution in [2.75, 3.05) is 6.54 Å². The summed E-state index contributed by atoms with van der Waals surface area (Å²) in [5, 5.41) is 23.4. The quantitative estimate of drug-likeness (QED) is 0.773. The molecule has 0 saturated heterocycles. The number of phenols is 1. The molecule has 0 amide bonds. The van der Waals surface area contributed by atoms with Crippen LogP contribution < -0.4 is 5.32 Å². The minimum Gasteiger partial charge on any atom is -0.508 e. The van der Waals surface area contributed by atoms with Gasteiger partial charge in [-0.05, 0) is 56.2 Å². The molecule has 0 aliphatic heterocycles. The first kappa shape index (κ1) is 15.3. The zero-order valence-corrected chi connectivity index (χ0v) is 12.6. The highest BCUT2D eigenvalue weighted by atomic mass is 16.3. The molecule has 112 valence electrons. The lowest BCUT2D eigenvalue weighted by Crippen LogP contribution is -2.44. The van der Waals surface area contributed by atoms with Crippen molar-refractivity contribution in [3.8, 4) is 5.75 Å². The molecule has 3 heteroatoms. The molecule has 1 saturated carbocycles. The van der Waals surface area contributed by atoms with Crippen LogP contribution in [0.25, 0.3) is 0 Å². The van der Waals surface area contributed by atoms with Crippen LogP contribution in [-0.2, 0) is 0 Å². The van der Waals surface area contributed by atoms with Gasteiger partial charge >= 0.3 is 0 Å². The Hall–Kier alpha value is -1.06. The number of hydrogen-bond donors (Lipinski definition) is 3. The van der Waals surface area contributed by atoms with Gasteiger partial charge in [0.1, 0.15) is 5.75 Å².